The molecule has 11 heteroatoms. The Hall–Kier alpha value is -4.25. The van der Waals surface area contributed by atoms with Gasteiger partial charge in [0.15, 0.2) is 0 Å². The first-order valence-corrected chi connectivity index (χ1v) is 11.6. The Labute approximate surface area is 209 Å². The molecule has 0 aliphatic rings. The van der Waals surface area contributed by atoms with E-state index in [1.165, 1.54) is 36.3 Å². The molecule has 0 fully saturated rings. The van der Waals surface area contributed by atoms with Crippen molar-refractivity contribution in [3.63, 3.8) is 0 Å². The number of rotatable bonds is 6. The Bertz CT molecular complexity index is 1620. The van der Waals surface area contributed by atoms with Crippen LogP contribution in [0.15, 0.2) is 58.1 Å². The zero-order valence-electron chi connectivity index (χ0n) is 20.0. The number of carbonyl (C=O) groups is 2. The van der Waals surface area contributed by atoms with Crippen LogP contribution in [-0.2, 0) is 11.3 Å². The van der Waals surface area contributed by atoms with Crippen molar-refractivity contribution in [3.8, 4) is 11.4 Å². The summed E-state index contributed by atoms with van der Waals surface area (Å²) in [6.45, 7) is 1.12. The van der Waals surface area contributed by atoms with E-state index in [-0.39, 0.29) is 32.4 Å². The predicted molar refractivity (Wildman–Crippen MR) is 136 cm³/mol. The molecule has 4 rings (SSSR count). The smallest absolute Gasteiger partial charge is 0.337 e. The monoisotopic (exact) mass is 510 g/mol. The van der Waals surface area contributed by atoms with Crippen molar-refractivity contribution < 1.29 is 18.7 Å². The Balaban J connectivity index is 1.95. The van der Waals surface area contributed by atoms with Gasteiger partial charge in [-0.25, -0.2) is 13.8 Å². The van der Waals surface area contributed by atoms with E-state index in [4.69, 9.17) is 4.74 Å². The summed E-state index contributed by atoms with van der Waals surface area (Å²) in [7, 11) is 4.61. The second-order valence-electron chi connectivity index (χ2n) is 8.17. The molecule has 9 nitrogen and oxygen atoms in total. The molecule has 0 saturated heterocycles. The number of aryl methyl sites for hydroxylation is 1. The standard InChI is InChI=1S/C25H23FN4O5S/c1-14-20-22(32)30(15-8-7-9-16(12-15)35-4)25(34)29(24(20)36-21(14)23(33)28(2)3)13-19(31)27-18-11-6-5-10-17(18)26/h5-12H,13H2,1-4H3,(H,27,31). The van der Waals surface area contributed by atoms with Gasteiger partial charge >= 0.3 is 5.69 Å². The first-order valence-electron chi connectivity index (χ1n) is 10.8. The number of hydrogen-bond donors (Lipinski definition) is 1. The number of fused-ring (bicyclic) bond motifs is 1. The van der Waals surface area contributed by atoms with Crippen LogP contribution in [0.25, 0.3) is 15.9 Å². The molecule has 0 radical (unpaired) electrons. The highest BCUT2D eigenvalue weighted by Gasteiger charge is 2.25. The minimum Gasteiger partial charge on any atom is -0.497 e. The average molecular weight is 511 g/mol. The molecule has 2 aromatic heterocycles. The molecule has 0 aliphatic carbocycles. The van der Waals surface area contributed by atoms with E-state index in [2.05, 4.69) is 5.32 Å². The molecule has 186 valence electrons. The lowest BCUT2D eigenvalue weighted by Crippen LogP contribution is -2.40. The number of para-hydroxylation sites is 1. The zero-order valence-corrected chi connectivity index (χ0v) is 20.8. The van der Waals surface area contributed by atoms with Crippen molar-refractivity contribution in [2.24, 2.45) is 0 Å². The molecular weight excluding hydrogens is 487 g/mol. The van der Waals surface area contributed by atoms with Crippen molar-refractivity contribution in [3.05, 3.63) is 85.6 Å². The van der Waals surface area contributed by atoms with Crippen LogP contribution in [0.4, 0.5) is 10.1 Å². The first kappa shape index (κ1) is 24.9. The van der Waals surface area contributed by atoms with Gasteiger partial charge in [0.25, 0.3) is 11.5 Å². The molecule has 0 atom stereocenters. The van der Waals surface area contributed by atoms with E-state index in [1.807, 2.05) is 0 Å². The highest BCUT2D eigenvalue weighted by molar-refractivity contribution is 7.20. The van der Waals surface area contributed by atoms with Crippen LogP contribution in [0.3, 0.4) is 0 Å². The minimum absolute atomic E-state index is 0.0428. The Morgan fingerprint density at radius 2 is 1.83 bits per heavy atom. The number of amides is 2. The summed E-state index contributed by atoms with van der Waals surface area (Å²) in [5, 5.41) is 2.60. The molecule has 2 heterocycles. The quantitative estimate of drug-likeness (QED) is 0.430. The normalized spacial score (nSPS) is 10.9. The van der Waals surface area contributed by atoms with Gasteiger partial charge in [-0.1, -0.05) is 18.2 Å². The van der Waals surface area contributed by atoms with E-state index < -0.39 is 29.5 Å². The summed E-state index contributed by atoms with van der Waals surface area (Å²) >= 11 is 0.958. The Morgan fingerprint density at radius 3 is 2.50 bits per heavy atom. The lowest BCUT2D eigenvalue weighted by molar-refractivity contribution is -0.116. The predicted octanol–water partition coefficient (Wildman–Crippen LogP) is 3.01. The number of nitrogens with one attached hydrogen (secondary N) is 1. The third-order valence-corrected chi connectivity index (χ3v) is 6.88. The third-order valence-electron chi connectivity index (χ3n) is 5.57. The van der Waals surface area contributed by atoms with Crippen LogP contribution >= 0.6 is 11.3 Å². The average Bonchev–Trinajstić information content (AvgIpc) is 3.20. The second-order valence-corrected chi connectivity index (χ2v) is 9.17. The van der Waals surface area contributed by atoms with Crippen molar-refractivity contribution in [1.82, 2.24) is 14.0 Å². The molecule has 1 N–H and O–H groups in total. The molecule has 0 spiro atoms. The van der Waals surface area contributed by atoms with Gasteiger partial charge < -0.3 is 15.0 Å². The number of nitrogens with zero attached hydrogens (tertiary/aromatic N) is 3. The maximum absolute atomic E-state index is 14.1. The molecule has 36 heavy (non-hydrogen) atoms. The van der Waals surface area contributed by atoms with Crippen LogP contribution in [0, 0.1) is 12.7 Å². The van der Waals surface area contributed by atoms with Gasteiger partial charge in [0, 0.05) is 20.2 Å². The van der Waals surface area contributed by atoms with Crippen molar-refractivity contribution in [2.45, 2.75) is 13.5 Å². The highest BCUT2D eigenvalue weighted by atomic mass is 32.1. The summed E-state index contributed by atoms with van der Waals surface area (Å²) < 4.78 is 21.4. The topological polar surface area (TPSA) is 103 Å². The van der Waals surface area contributed by atoms with Crippen LogP contribution in [0.2, 0.25) is 0 Å². The van der Waals surface area contributed by atoms with E-state index in [1.54, 1.807) is 45.3 Å². The summed E-state index contributed by atoms with van der Waals surface area (Å²) in [4.78, 5) is 54.7. The van der Waals surface area contributed by atoms with Crippen molar-refractivity contribution >= 4 is 39.1 Å². The zero-order chi connectivity index (χ0) is 26.1. The number of hydrogen-bond acceptors (Lipinski definition) is 6. The van der Waals surface area contributed by atoms with Crippen molar-refractivity contribution in [2.75, 3.05) is 26.5 Å². The number of halogens is 1. The fourth-order valence-corrected chi connectivity index (χ4v) is 5.08. The van der Waals surface area contributed by atoms with Crippen molar-refractivity contribution in [1.29, 1.82) is 0 Å². The number of anilines is 1. The molecule has 0 saturated carbocycles. The lowest BCUT2D eigenvalue weighted by atomic mass is 10.2. The second kappa shape index (κ2) is 9.78. The van der Waals surface area contributed by atoms with Crippen LogP contribution in [-0.4, -0.2) is 47.1 Å². The number of thiophene rings is 1. The number of benzene rings is 2. The molecule has 0 aliphatic heterocycles. The largest absolute Gasteiger partial charge is 0.497 e. The van der Waals surface area contributed by atoms with E-state index >= 15 is 0 Å². The lowest BCUT2D eigenvalue weighted by Gasteiger charge is -2.13. The SMILES string of the molecule is COc1cccc(-n2c(=O)c3c(C)c(C(=O)N(C)C)sc3n(CC(=O)Nc3ccccc3F)c2=O)c1. The fraction of sp³-hybridized carbons (Fsp3) is 0.200. The number of aromatic nitrogens is 2. The molecule has 0 bridgehead atoms. The van der Waals surface area contributed by atoms with Gasteiger partial charge in [-0.2, -0.15) is 0 Å². The van der Waals surface area contributed by atoms with Gasteiger partial charge in [-0.05, 0) is 36.8 Å². The van der Waals surface area contributed by atoms with Gasteiger partial charge in [0.1, 0.15) is 22.9 Å². The number of methoxy groups -OCH3 is 1. The number of ether oxygens (including phenoxy) is 1. The van der Waals surface area contributed by atoms with E-state index in [0.717, 1.165) is 20.5 Å². The summed E-state index contributed by atoms with van der Waals surface area (Å²) in [6.07, 6.45) is 0. The molecule has 2 aromatic carbocycles. The Morgan fingerprint density at radius 1 is 1.11 bits per heavy atom. The maximum atomic E-state index is 14.1. The van der Waals surface area contributed by atoms with Crippen LogP contribution < -0.4 is 21.3 Å². The van der Waals surface area contributed by atoms with Crippen LogP contribution in [0.1, 0.15) is 15.2 Å². The summed E-state index contributed by atoms with van der Waals surface area (Å²) in [5.74, 6) is -1.22. The minimum atomic E-state index is -0.783. The third kappa shape index (κ3) is 4.40. The molecular formula is C25H23FN4O5S. The van der Waals surface area contributed by atoms with Gasteiger partial charge in [-0.15, -0.1) is 11.3 Å². The molecule has 4 aromatic rings. The Kier molecular flexibility index (Phi) is 6.75. The van der Waals surface area contributed by atoms with Gasteiger partial charge in [0.05, 0.1) is 28.7 Å². The molecule has 0 unspecified atom stereocenters. The van der Waals surface area contributed by atoms with E-state index in [9.17, 15) is 23.6 Å². The number of carbonyl (C=O) groups excluding carboxylic acids is 2. The summed E-state index contributed by atoms with van der Waals surface area (Å²) in [6, 6.07) is 12.0. The maximum Gasteiger partial charge on any atom is 0.337 e. The first-order chi connectivity index (χ1) is 17.1. The van der Waals surface area contributed by atoms with E-state index in [0.29, 0.717) is 11.3 Å². The fourth-order valence-electron chi connectivity index (χ4n) is 3.77. The van der Waals surface area contributed by atoms with Gasteiger partial charge in [0.2, 0.25) is 5.91 Å². The highest BCUT2D eigenvalue weighted by Crippen LogP contribution is 2.29. The summed E-state index contributed by atoms with van der Waals surface area (Å²) in [5.41, 5.74) is -0.812. The van der Waals surface area contributed by atoms with Crippen LogP contribution in [0.5, 0.6) is 5.75 Å². The van der Waals surface area contributed by atoms with Gasteiger partial charge in [-0.3, -0.25) is 19.0 Å². The molecule has 2 amide bonds.